The summed E-state index contributed by atoms with van der Waals surface area (Å²) in [4.78, 5) is 16.7. The number of benzene rings is 1. The summed E-state index contributed by atoms with van der Waals surface area (Å²) in [6.07, 6.45) is 3.87. The van der Waals surface area contributed by atoms with Crippen LogP contribution in [0.3, 0.4) is 0 Å². The van der Waals surface area contributed by atoms with E-state index in [2.05, 4.69) is 29.2 Å². The Morgan fingerprint density at radius 3 is 2.91 bits per heavy atom. The number of hydrogen-bond acceptors (Lipinski definition) is 4. The number of anilines is 1. The molecule has 0 radical (unpaired) electrons. The van der Waals surface area contributed by atoms with Crippen molar-refractivity contribution in [2.45, 2.75) is 26.2 Å². The number of aromatic nitrogens is 3. The SMILES string of the molecule is CC(C)c1nc(CC(=O)Nc2cccc(-n3cccn3)c2)cs1. The van der Waals surface area contributed by atoms with Gasteiger partial charge in [-0.3, -0.25) is 4.79 Å². The first-order valence-electron chi connectivity index (χ1n) is 7.46. The summed E-state index contributed by atoms with van der Waals surface area (Å²) in [7, 11) is 0. The van der Waals surface area contributed by atoms with Crippen LogP contribution in [0.4, 0.5) is 5.69 Å². The zero-order chi connectivity index (χ0) is 16.2. The van der Waals surface area contributed by atoms with Crippen LogP contribution in [0.5, 0.6) is 0 Å². The van der Waals surface area contributed by atoms with Gasteiger partial charge in [0.2, 0.25) is 5.91 Å². The van der Waals surface area contributed by atoms with E-state index in [0.29, 0.717) is 5.92 Å². The van der Waals surface area contributed by atoms with Crippen molar-refractivity contribution < 1.29 is 4.79 Å². The van der Waals surface area contributed by atoms with Crippen molar-refractivity contribution >= 4 is 22.9 Å². The van der Waals surface area contributed by atoms with Crippen LogP contribution in [0.1, 0.15) is 30.5 Å². The quantitative estimate of drug-likeness (QED) is 0.779. The Balaban J connectivity index is 1.66. The average molecular weight is 326 g/mol. The first-order chi connectivity index (χ1) is 11.1. The number of rotatable bonds is 5. The summed E-state index contributed by atoms with van der Waals surface area (Å²) < 4.78 is 1.75. The maximum atomic E-state index is 12.2. The van der Waals surface area contributed by atoms with Crippen molar-refractivity contribution in [1.82, 2.24) is 14.8 Å². The van der Waals surface area contributed by atoms with Gasteiger partial charge in [0, 0.05) is 29.4 Å². The molecule has 1 amide bonds. The molecule has 0 unspecified atom stereocenters. The molecule has 6 heteroatoms. The highest BCUT2D eigenvalue weighted by Crippen LogP contribution is 2.20. The Morgan fingerprint density at radius 1 is 1.35 bits per heavy atom. The van der Waals surface area contributed by atoms with Gasteiger partial charge in [-0.15, -0.1) is 11.3 Å². The lowest BCUT2D eigenvalue weighted by Gasteiger charge is -2.07. The Hall–Kier alpha value is -2.47. The van der Waals surface area contributed by atoms with Gasteiger partial charge in [-0.05, 0) is 24.3 Å². The van der Waals surface area contributed by atoms with Gasteiger partial charge in [0.05, 0.1) is 22.8 Å². The topological polar surface area (TPSA) is 59.8 Å². The third kappa shape index (κ3) is 3.84. The van der Waals surface area contributed by atoms with Gasteiger partial charge in [0.1, 0.15) is 0 Å². The van der Waals surface area contributed by atoms with E-state index < -0.39 is 0 Å². The molecule has 0 aliphatic rings. The van der Waals surface area contributed by atoms with E-state index in [0.717, 1.165) is 22.1 Å². The molecule has 3 rings (SSSR count). The van der Waals surface area contributed by atoms with Crippen molar-refractivity contribution in [3.8, 4) is 5.69 Å². The predicted molar refractivity (Wildman–Crippen MR) is 92.1 cm³/mol. The second kappa shape index (κ2) is 6.75. The molecule has 0 aliphatic heterocycles. The standard InChI is InChI=1S/C17H18N4OS/c1-12(2)17-20-14(11-23-17)10-16(22)19-13-5-3-6-15(9-13)21-8-4-7-18-21/h3-9,11-12H,10H2,1-2H3,(H,19,22). The van der Waals surface area contributed by atoms with Crippen LogP contribution in [0.2, 0.25) is 0 Å². The minimum absolute atomic E-state index is 0.0665. The fourth-order valence-electron chi connectivity index (χ4n) is 2.19. The monoisotopic (exact) mass is 326 g/mol. The Morgan fingerprint density at radius 2 is 2.22 bits per heavy atom. The number of amides is 1. The molecule has 0 atom stereocenters. The number of thiazole rings is 1. The van der Waals surface area contributed by atoms with E-state index in [1.807, 2.05) is 41.9 Å². The van der Waals surface area contributed by atoms with Crippen LogP contribution in [-0.2, 0) is 11.2 Å². The first-order valence-corrected chi connectivity index (χ1v) is 8.34. The van der Waals surface area contributed by atoms with E-state index >= 15 is 0 Å². The van der Waals surface area contributed by atoms with E-state index in [9.17, 15) is 4.79 Å². The van der Waals surface area contributed by atoms with Gasteiger partial charge in [0.25, 0.3) is 0 Å². The minimum atomic E-state index is -0.0665. The maximum Gasteiger partial charge on any atom is 0.230 e. The Kier molecular flexibility index (Phi) is 4.52. The minimum Gasteiger partial charge on any atom is -0.326 e. The zero-order valence-corrected chi connectivity index (χ0v) is 13.9. The molecule has 0 saturated carbocycles. The highest BCUT2D eigenvalue weighted by Gasteiger charge is 2.10. The molecule has 1 aromatic carbocycles. The molecule has 0 aliphatic carbocycles. The van der Waals surface area contributed by atoms with Crippen LogP contribution in [0.25, 0.3) is 5.69 Å². The summed E-state index contributed by atoms with van der Waals surface area (Å²) in [5.41, 5.74) is 2.48. The van der Waals surface area contributed by atoms with Gasteiger partial charge >= 0.3 is 0 Å². The summed E-state index contributed by atoms with van der Waals surface area (Å²) in [6, 6.07) is 9.46. The highest BCUT2D eigenvalue weighted by atomic mass is 32.1. The zero-order valence-electron chi connectivity index (χ0n) is 13.1. The molecule has 0 fully saturated rings. The fraction of sp³-hybridized carbons (Fsp3) is 0.235. The highest BCUT2D eigenvalue weighted by molar-refractivity contribution is 7.09. The van der Waals surface area contributed by atoms with Crippen LogP contribution in [-0.4, -0.2) is 20.7 Å². The van der Waals surface area contributed by atoms with Gasteiger partial charge in [0.15, 0.2) is 0 Å². The fourth-order valence-corrected chi connectivity index (χ4v) is 3.02. The average Bonchev–Trinajstić information content (AvgIpc) is 3.18. The van der Waals surface area contributed by atoms with Crippen molar-refractivity contribution in [2.24, 2.45) is 0 Å². The Labute approximate surface area is 139 Å². The molecule has 3 aromatic rings. The van der Waals surface area contributed by atoms with E-state index in [-0.39, 0.29) is 12.3 Å². The van der Waals surface area contributed by atoms with E-state index in [1.165, 1.54) is 0 Å². The van der Waals surface area contributed by atoms with Gasteiger partial charge in [-0.25, -0.2) is 9.67 Å². The lowest BCUT2D eigenvalue weighted by atomic mass is 10.2. The third-order valence-corrected chi connectivity index (χ3v) is 4.50. The van der Waals surface area contributed by atoms with Crippen molar-refractivity contribution in [1.29, 1.82) is 0 Å². The first kappa shape index (κ1) is 15.4. The molecule has 5 nitrogen and oxygen atoms in total. The molecule has 2 aromatic heterocycles. The number of nitrogens with one attached hydrogen (secondary N) is 1. The summed E-state index contributed by atoms with van der Waals surface area (Å²) in [5.74, 6) is 0.325. The largest absolute Gasteiger partial charge is 0.326 e. The number of carbonyl (C=O) groups is 1. The molecule has 1 N–H and O–H groups in total. The lowest BCUT2D eigenvalue weighted by molar-refractivity contribution is -0.115. The maximum absolute atomic E-state index is 12.2. The molecule has 0 bridgehead atoms. The molecular weight excluding hydrogens is 308 g/mol. The van der Waals surface area contributed by atoms with Crippen LogP contribution in [0.15, 0.2) is 48.1 Å². The summed E-state index contributed by atoms with van der Waals surface area (Å²) in [5, 5.41) is 10.1. The molecule has 0 spiro atoms. The molecule has 2 heterocycles. The number of hydrogen-bond donors (Lipinski definition) is 1. The predicted octanol–water partition coefficient (Wildman–Crippen LogP) is 3.63. The van der Waals surface area contributed by atoms with Gasteiger partial charge < -0.3 is 5.32 Å². The van der Waals surface area contributed by atoms with Gasteiger partial charge in [-0.1, -0.05) is 19.9 Å². The smallest absolute Gasteiger partial charge is 0.230 e. The summed E-state index contributed by atoms with van der Waals surface area (Å²) in [6.45, 7) is 4.20. The van der Waals surface area contributed by atoms with E-state index in [4.69, 9.17) is 0 Å². The van der Waals surface area contributed by atoms with Gasteiger partial charge in [-0.2, -0.15) is 5.10 Å². The van der Waals surface area contributed by atoms with Crippen molar-refractivity contribution in [2.75, 3.05) is 5.32 Å². The van der Waals surface area contributed by atoms with Crippen LogP contribution >= 0.6 is 11.3 Å². The van der Waals surface area contributed by atoms with Crippen LogP contribution < -0.4 is 5.32 Å². The Bertz CT molecular complexity index is 793. The molecule has 0 saturated heterocycles. The summed E-state index contributed by atoms with van der Waals surface area (Å²) >= 11 is 1.60. The molecule has 23 heavy (non-hydrogen) atoms. The molecular formula is C17H18N4OS. The second-order valence-corrected chi connectivity index (χ2v) is 6.45. The number of nitrogens with zero attached hydrogens (tertiary/aromatic N) is 3. The normalized spacial score (nSPS) is 10.9. The van der Waals surface area contributed by atoms with Crippen molar-refractivity contribution in [3.63, 3.8) is 0 Å². The van der Waals surface area contributed by atoms with Crippen molar-refractivity contribution in [3.05, 3.63) is 58.8 Å². The van der Waals surface area contributed by atoms with Crippen LogP contribution in [0, 0.1) is 0 Å². The lowest BCUT2D eigenvalue weighted by Crippen LogP contribution is -2.15. The third-order valence-electron chi connectivity index (χ3n) is 3.30. The number of carbonyl (C=O) groups excluding carboxylic acids is 1. The second-order valence-electron chi connectivity index (χ2n) is 5.56. The van der Waals surface area contributed by atoms with E-state index in [1.54, 1.807) is 22.2 Å². The molecule has 118 valence electrons.